The average Bonchev–Trinajstić information content (AvgIpc) is 2.82. The summed E-state index contributed by atoms with van der Waals surface area (Å²) in [5, 5.41) is 10.0. The van der Waals surface area contributed by atoms with Crippen molar-refractivity contribution in [1.29, 1.82) is 5.26 Å². The largest absolute Gasteiger partial charge is 0.466 e. The van der Waals surface area contributed by atoms with Crippen molar-refractivity contribution in [3.8, 4) is 6.07 Å². The van der Waals surface area contributed by atoms with Gasteiger partial charge in [0, 0.05) is 14.5 Å². The van der Waals surface area contributed by atoms with Crippen molar-refractivity contribution in [2.24, 2.45) is 5.73 Å². The highest BCUT2D eigenvalue weighted by atomic mass is 79.9. The number of nitriles is 1. The molecule has 0 radical (unpaired) electrons. The Balaban J connectivity index is 2.50. The van der Waals surface area contributed by atoms with Crippen LogP contribution in [0.4, 0.5) is 10.1 Å². The molecule has 0 aromatic heterocycles. The van der Waals surface area contributed by atoms with E-state index in [4.69, 9.17) is 15.2 Å². The molecule has 170 valence electrons. The number of hydrogen-bond donors (Lipinski definition) is 1. The number of carbonyl (C=O) groups is 2. The summed E-state index contributed by atoms with van der Waals surface area (Å²) in [6.45, 7) is 1.53. The molecule has 10 heteroatoms. The number of nitrogens with two attached hydrogens (primary N) is 1. The van der Waals surface area contributed by atoms with Crippen molar-refractivity contribution in [2.75, 3.05) is 19.1 Å². The van der Waals surface area contributed by atoms with Gasteiger partial charge in [0.2, 0.25) is 0 Å². The van der Waals surface area contributed by atoms with E-state index in [9.17, 15) is 14.9 Å². The molecule has 0 saturated carbocycles. The van der Waals surface area contributed by atoms with Crippen LogP contribution in [0.3, 0.4) is 0 Å². The van der Waals surface area contributed by atoms with Crippen LogP contribution in [0.1, 0.15) is 17.0 Å². The molecule has 33 heavy (non-hydrogen) atoms. The van der Waals surface area contributed by atoms with Crippen LogP contribution in [0.2, 0.25) is 0 Å². The molecule has 0 amide bonds. The van der Waals surface area contributed by atoms with E-state index in [0.29, 0.717) is 10.0 Å². The Hall–Kier alpha value is -3.16. The normalized spacial score (nSPS) is 15.9. The fourth-order valence-corrected chi connectivity index (χ4v) is 4.92. The molecule has 7 nitrogen and oxygen atoms in total. The highest BCUT2D eigenvalue weighted by Gasteiger charge is 2.44. The Bertz CT molecular complexity index is 1250. The molecule has 2 N–H and O–H groups in total. The third kappa shape index (κ3) is 4.14. The molecule has 0 fully saturated rings. The van der Waals surface area contributed by atoms with Gasteiger partial charge in [-0.25, -0.2) is 14.0 Å². The molecule has 0 saturated heterocycles. The van der Waals surface area contributed by atoms with Crippen molar-refractivity contribution < 1.29 is 23.5 Å². The number of methoxy groups -OCH3 is 2. The van der Waals surface area contributed by atoms with Crippen LogP contribution < -0.4 is 10.6 Å². The first-order chi connectivity index (χ1) is 15.7. The topological polar surface area (TPSA) is 106 Å². The lowest BCUT2D eigenvalue weighted by Crippen LogP contribution is -2.41. The van der Waals surface area contributed by atoms with Crippen molar-refractivity contribution in [2.45, 2.75) is 12.8 Å². The van der Waals surface area contributed by atoms with Gasteiger partial charge in [0.15, 0.2) is 5.82 Å². The maximum Gasteiger partial charge on any atom is 0.355 e. The van der Waals surface area contributed by atoms with Crippen LogP contribution in [0, 0.1) is 24.1 Å². The van der Waals surface area contributed by atoms with E-state index in [1.54, 1.807) is 36.4 Å². The zero-order valence-corrected chi connectivity index (χ0v) is 21.0. The predicted molar refractivity (Wildman–Crippen MR) is 126 cm³/mol. The molecule has 1 atom stereocenters. The number of nitrogens with zero attached hydrogens (tertiary/aromatic N) is 2. The van der Waals surface area contributed by atoms with Gasteiger partial charge >= 0.3 is 11.9 Å². The Labute approximate surface area is 206 Å². The third-order valence-electron chi connectivity index (χ3n) is 5.21. The van der Waals surface area contributed by atoms with Crippen molar-refractivity contribution in [3.63, 3.8) is 0 Å². The predicted octanol–water partition coefficient (Wildman–Crippen LogP) is 4.56. The van der Waals surface area contributed by atoms with Crippen LogP contribution in [-0.4, -0.2) is 26.2 Å². The summed E-state index contributed by atoms with van der Waals surface area (Å²) in [5.41, 5.74) is 6.38. The van der Waals surface area contributed by atoms with Crippen molar-refractivity contribution in [3.05, 3.63) is 85.0 Å². The zero-order valence-electron chi connectivity index (χ0n) is 17.8. The Kier molecular flexibility index (Phi) is 7.25. The van der Waals surface area contributed by atoms with E-state index >= 15 is 4.39 Å². The summed E-state index contributed by atoms with van der Waals surface area (Å²) in [4.78, 5) is 27.1. The maximum atomic E-state index is 15.5. The first-order valence-electron chi connectivity index (χ1n) is 9.49. The van der Waals surface area contributed by atoms with Crippen LogP contribution in [-0.2, 0) is 19.1 Å². The lowest BCUT2D eigenvalue weighted by molar-refractivity contribution is -0.139. The molecule has 1 aliphatic rings. The van der Waals surface area contributed by atoms with Gasteiger partial charge in [-0.15, -0.1) is 0 Å². The van der Waals surface area contributed by atoms with E-state index in [-0.39, 0.29) is 38.4 Å². The molecule has 0 spiro atoms. The highest BCUT2D eigenvalue weighted by Crippen LogP contribution is 2.46. The van der Waals surface area contributed by atoms with Gasteiger partial charge < -0.3 is 15.2 Å². The molecule has 2 aromatic carbocycles. The molecule has 0 aliphatic carbocycles. The number of ether oxygens (including phenoxy) is 2. The Morgan fingerprint density at radius 3 is 2.27 bits per heavy atom. The van der Waals surface area contributed by atoms with Crippen molar-refractivity contribution >= 4 is 49.5 Å². The number of anilines is 1. The van der Waals surface area contributed by atoms with Gasteiger partial charge in [-0.05, 0) is 34.5 Å². The first kappa shape index (κ1) is 24.5. The molecule has 1 aliphatic heterocycles. The molecular formula is C23H18Br2FN3O4. The molecular weight excluding hydrogens is 561 g/mol. The van der Waals surface area contributed by atoms with Gasteiger partial charge in [0.25, 0.3) is 0 Å². The van der Waals surface area contributed by atoms with Gasteiger partial charge in [0.05, 0.1) is 43.0 Å². The van der Waals surface area contributed by atoms with Crippen LogP contribution in [0.5, 0.6) is 0 Å². The summed E-state index contributed by atoms with van der Waals surface area (Å²) in [6.07, 6.45) is 0. The van der Waals surface area contributed by atoms with Crippen LogP contribution >= 0.6 is 31.9 Å². The van der Waals surface area contributed by atoms with Crippen LogP contribution in [0.15, 0.2) is 68.0 Å². The van der Waals surface area contributed by atoms with E-state index in [1.165, 1.54) is 6.92 Å². The summed E-state index contributed by atoms with van der Waals surface area (Å²) < 4.78 is 26.1. The smallest absolute Gasteiger partial charge is 0.355 e. The van der Waals surface area contributed by atoms with Gasteiger partial charge in [-0.3, -0.25) is 4.90 Å². The lowest BCUT2D eigenvalue weighted by atomic mass is 9.81. The molecule has 1 heterocycles. The van der Waals surface area contributed by atoms with E-state index < -0.39 is 23.7 Å². The SMILES string of the molecule is COC(=O)C1=C(C(=O)OC)N(c2c(Br)cc(Br)c(C)c2F)C(N)=C(C#N)C1c1ccccc1. The quantitative estimate of drug-likeness (QED) is 0.530. The standard InChI is InChI=1S/C23H18Br2FN3O4/c1-11-14(24)9-15(25)19(18(11)26)29-20(23(31)33-3)17(22(30)32-2)16(13(10-27)21(29)28)12-7-5-4-6-8-12/h4-9,16H,28H2,1-3H3. The number of hydrogen-bond acceptors (Lipinski definition) is 7. The minimum Gasteiger partial charge on any atom is -0.466 e. The second-order valence-corrected chi connectivity index (χ2v) is 8.67. The molecule has 0 bridgehead atoms. The number of rotatable bonds is 4. The third-order valence-corrected chi connectivity index (χ3v) is 6.64. The Morgan fingerprint density at radius 1 is 1.12 bits per heavy atom. The summed E-state index contributed by atoms with van der Waals surface area (Å²) >= 11 is 6.58. The first-order valence-corrected chi connectivity index (χ1v) is 11.1. The fourth-order valence-electron chi connectivity index (χ4n) is 3.63. The number of allylic oxidation sites excluding steroid dienone is 1. The fraction of sp³-hybridized carbons (Fsp3) is 0.174. The molecule has 2 aromatic rings. The second kappa shape index (κ2) is 9.77. The van der Waals surface area contributed by atoms with Gasteiger partial charge in [0.1, 0.15) is 11.5 Å². The lowest BCUT2D eigenvalue weighted by Gasteiger charge is -2.36. The minimum atomic E-state index is -1.03. The Morgan fingerprint density at radius 2 is 1.73 bits per heavy atom. The van der Waals surface area contributed by atoms with Crippen LogP contribution in [0.25, 0.3) is 0 Å². The zero-order chi connectivity index (χ0) is 24.4. The minimum absolute atomic E-state index is 0.0545. The highest BCUT2D eigenvalue weighted by molar-refractivity contribution is 9.11. The van der Waals surface area contributed by atoms with E-state index in [0.717, 1.165) is 19.1 Å². The monoisotopic (exact) mass is 577 g/mol. The van der Waals surface area contributed by atoms with Gasteiger partial charge in [-0.2, -0.15) is 5.26 Å². The maximum absolute atomic E-state index is 15.5. The molecule has 1 unspecified atom stereocenters. The number of esters is 2. The van der Waals surface area contributed by atoms with Crippen molar-refractivity contribution in [1.82, 2.24) is 0 Å². The van der Waals surface area contributed by atoms with E-state index in [1.807, 2.05) is 6.07 Å². The number of carbonyl (C=O) groups excluding carboxylic acids is 2. The number of halogens is 3. The summed E-state index contributed by atoms with van der Waals surface area (Å²) in [7, 11) is 2.27. The average molecular weight is 579 g/mol. The summed E-state index contributed by atoms with van der Waals surface area (Å²) in [5.74, 6) is -3.82. The van der Waals surface area contributed by atoms with E-state index in [2.05, 4.69) is 31.9 Å². The number of benzene rings is 2. The van der Waals surface area contributed by atoms with Gasteiger partial charge in [-0.1, -0.05) is 46.3 Å². The molecule has 3 rings (SSSR count). The summed E-state index contributed by atoms with van der Waals surface area (Å²) in [6, 6.07) is 12.2. The second-order valence-electron chi connectivity index (χ2n) is 6.96.